The summed E-state index contributed by atoms with van der Waals surface area (Å²) in [5, 5.41) is 3.50. The minimum absolute atomic E-state index is 0.0417. The third kappa shape index (κ3) is 2.22. The molecule has 3 nitrogen and oxygen atoms in total. The van der Waals surface area contributed by atoms with Crippen LogP contribution < -0.4 is 10.9 Å². The fraction of sp³-hybridized carbons (Fsp3) is 0.583. The molecule has 2 rings (SSSR count). The van der Waals surface area contributed by atoms with Gasteiger partial charge >= 0.3 is 0 Å². The number of pyridine rings is 1. The van der Waals surface area contributed by atoms with Crippen LogP contribution in [-0.2, 0) is 7.05 Å². The molecule has 1 saturated carbocycles. The summed E-state index contributed by atoms with van der Waals surface area (Å²) in [5.74, 6) is 0.738. The van der Waals surface area contributed by atoms with Crippen LogP contribution in [0.1, 0.15) is 26.2 Å². The third-order valence-electron chi connectivity index (χ3n) is 3.30. The van der Waals surface area contributed by atoms with E-state index in [-0.39, 0.29) is 5.56 Å². The van der Waals surface area contributed by atoms with E-state index in [2.05, 4.69) is 12.2 Å². The number of aryl methyl sites for hydroxylation is 1. The molecule has 0 aliphatic heterocycles. The fourth-order valence-corrected chi connectivity index (χ4v) is 2.25. The average Bonchev–Trinajstić information content (AvgIpc) is 2.59. The zero-order chi connectivity index (χ0) is 10.8. The predicted octanol–water partition coefficient (Wildman–Crippen LogP) is 1.99. The molecule has 1 aromatic rings. The van der Waals surface area contributed by atoms with Crippen molar-refractivity contribution in [3.63, 3.8) is 0 Å². The largest absolute Gasteiger partial charge is 0.381 e. The molecule has 1 aromatic heterocycles. The Morgan fingerprint density at radius 3 is 2.80 bits per heavy atom. The highest BCUT2D eigenvalue weighted by atomic mass is 16.1. The summed E-state index contributed by atoms with van der Waals surface area (Å²) in [6.07, 6.45) is 5.73. The molecule has 15 heavy (non-hydrogen) atoms. The maximum atomic E-state index is 11.2. The van der Waals surface area contributed by atoms with Gasteiger partial charge in [0, 0.05) is 25.4 Å². The van der Waals surface area contributed by atoms with Crippen molar-refractivity contribution < 1.29 is 0 Å². The van der Waals surface area contributed by atoms with E-state index >= 15 is 0 Å². The first-order chi connectivity index (χ1) is 7.16. The smallest absolute Gasteiger partial charge is 0.250 e. The van der Waals surface area contributed by atoms with Gasteiger partial charge in [-0.3, -0.25) is 4.79 Å². The summed E-state index contributed by atoms with van der Waals surface area (Å²) in [5.41, 5.74) is 1.09. The second-order valence-electron chi connectivity index (χ2n) is 4.53. The first-order valence-corrected chi connectivity index (χ1v) is 5.60. The molecule has 1 fully saturated rings. The van der Waals surface area contributed by atoms with Crippen molar-refractivity contribution in [1.29, 1.82) is 0 Å². The molecule has 0 aromatic carbocycles. The lowest BCUT2D eigenvalue weighted by Gasteiger charge is -2.18. The van der Waals surface area contributed by atoms with Crippen LogP contribution in [-0.4, -0.2) is 10.6 Å². The lowest BCUT2D eigenvalue weighted by Crippen LogP contribution is -2.23. The number of nitrogens with zero attached hydrogens (tertiary/aromatic N) is 1. The van der Waals surface area contributed by atoms with Crippen molar-refractivity contribution in [2.45, 2.75) is 32.2 Å². The topological polar surface area (TPSA) is 34.0 Å². The van der Waals surface area contributed by atoms with E-state index in [4.69, 9.17) is 0 Å². The average molecular weight is 206 g/mol. The molecule has 3 heteroatoms. The van der Waals surface area contributed by atoms with E-state index in [1.807, 2.05) is 12.3 Å². The minimum atomic E-state index is 0.0417. The van der Waals surface area contributed by atoms with Crippen LogP contribution in [0.2, 0.25) is 0 Å². The number of hydrogen-bond donors (Lipinski definition) is 1. The van der Waals surface area contributed by atoms with Gasteiger partial charge in [0.05, 0.1) is 5.69 Å². The number of anilines is 1. The summed E-state index contributed by atoms with van der Waals surface area (Å²) in [6.45, 7) is 2.28. The van der Waals surface area contributed by atoms with E-state index < -0.39 is 0 Å². The van der Waals surface area contributed by atoms with E-state index in [0.29, 0.717) is 6.04 Å². The summed E-state index contributed by atoms with van der Waals surface area (Å²) in [6, 6.07) is 4.05. The molecular weight excluding hydrogens is 188 g/mol. The van der Waals surface area contributed by atoms with E-state index in [0.717, 1.165) is 11.6 Å². The zero-order valence-corrected chi connectivity index (χ0v) is 9.36. The lowest BCUT2D eigenvalue weighted by atomic mass is 10.1. The van der Waals surface area contributed by atoms with Crippen LogP contribution in [0, 0.1) is 5.92 Å². The molecule has 1 aliphatic carbocycles. The molecule has 0 spiro atoms. The summed E-state index contributed by atoms with van der Waals surface area (Å²) in [7, 11) is 1.78. The highest BCUT2D eigenvalue weighted by Crippen LogP contribution is 2.27. The monoisotopic (exact) mass is 206 g/mol. The molecule has 1 N–H and O–H groups in total. The molecular formula is C12H18N2O. The first-order valence-electron chi connectivity index (χ1n) is 5.60. The van der Waals surface area contributed by atoms with Gasteiger partial charge in [-0.15, -0.1) is 0 Å². The molecule has 2 atom stereocenters. The zero-order valence-electron chi connectivity index (χ0n) is 9.36. The quantitative estimate of drug-likeness (QED) is 0.803. The van der Waals surface area contributed by atoms with Gasteiger partial charge < -0.3 is 9.88 Å². The van der Waals surface area contributed by atoms with Crippen LogP contribution in [0.15, 0.2) is 23.1 Å². The summed E-state index contributed by atoms with van der Waals surface area (Å²) < 4.78 is 1.61. The third-order valence-corrected chi connectivity index (χ3v) is 3.30. The molecule has 0 amide bonds. The maximum absolute atomic E-state index is 11.2. The Hall–Kier alpha value is -1.25. The highest BCUT2D eigenvalue weighted by Gasteiger charge is 2.22. The Morgan fingerprint density at radius 1 is 1.40 bits per heavy atom. The van der Waals surface area contributed by atoms with Crippen molar-refractivity contribution in [3.05, 3.63) is 28.7 Å². The molecule has 1 aliphatic rings. The molecule has 0 bridgehead atoms. The van der Waals surface area contributed by atoms with Gasteiger partial charge in [0.25, 0.3) is 0 Å². The van der Waals surface area contributed by atoms with Crippen LogP contribution in [0.25, 0.3) is 0 Å². The summed E-state index contributed by atoms with van der Waals surface area (Å²) >= 11 is 0. The van der Waals surface area contributed by atoms with Gasteiger partial charge in [0.1, 0.15) is 0 Å². The van der Waals surface area contributed by atoms with Crippen molar-refractivity contribution in [2.75, 3.05) is 5.32 Å². The Labute approximate surface area is 90.1 Å². The second kappa shape index (κ2) is 4.09. The van der Waals surface area contributed by atoms with Crippen molar-refractivity contribution in [3.8, 4) is 0 Å². The number of rotatable bonds is 2. The fourth-order valence-electron chi connectivity index (χ4n) is 2.25. The van der Waals surface area contributed by atoms with Crippen LogP contribution in [0.3, 0.4) is 0 Å². The molecule has 82 valence electrons. The Bertz CT molecular complexity index is 397. The number of hydrogen-bond acceptors (Lipinski definition) is 2. The molecule has 2 unspecified atom stereocenters. The molecule has 1 heterocycles. The molecule has 0 radical (unpaired) electrons. The lowest BCUT2D eigenvalue weighted by molar-refractivity contribution is 0.556. The van der Waals surface area contributed by atoms with Gasteiger partial charge in [-0.05, 0) is 24.8 Å². The van der Waals surface area contributed by atoms with Crippen molar-refractivity contribution in [1.82, 2.24) is 4.57 Å². The number of nitrogens with one attached hydrogen (secondary N) is 1. The van der Waals surface area contributed by atoms with E-state index in [1.165, 1.54) is 19.3 Å². The van der Waals surface area contributed by atoms with Gasteiger partial charge in [-0.2, -0.15) is 0 Å². The van der Waals surface area contributed by atoms with Gasteiger partial charge in [0.15, 0.2) is 0 Å². The van der Waals surface area contributed by atoms with Gasteiger partial charge in [-0.25, -0.2) is 0 Å². The predicted molar refractivity (Wildman–Crippen MR) is 62.1 cm³/mol. The number of aromatic nitrogens is 1. The van der Waals surface area contributed by atoms with Crippen molar-refractivity contribution in [2.24, 2.45) is 13.0 Å². The van der Waals surface area contributed by atoms with E-state index in [1.54, 1.807) is 17.7 Å². The first kappa shape index (κ1) is 10.3. The van der Waals surface area contributed by atoms with Gasteiger partial charge in [0.2, 0.25) is 5.56 Å². The Morgan fingerprint density at radius 2 is 2.20 bits per heavy atom. The molecule has 0 saturated heterocycles. The van der Waals surface area contributed by atoms with Crippen LogP contribution >= 0.6 is 0 Å². The normalized spacial score (nSPS) is 25.5. The Balaban J connectivity index is 2.10. The van der Waals surface area contributed by atoms with E-state index in [9.17, 15) is 4.79 Å². The van der Waals surface area contributed by atoms with Crippen molar-refractivity contribution >= 4 is 5.69 Å². The Kier molecular flexibility index (Phi) is 2.80. The van der Waals surface area contributed by atoms with Crippen LogP contribution in [0.4, 0.5) is 5.69 Å². The maximum Gasteiger partial charge on any atom is 0.250 e. The second-order valence-corrected chi connectivity index (χ2v) is 4.53. The van der Waals surface area contributed by atoms with Gasteiger partial charge in [-0.1, -0.05) is 13.3 Å². The standard InChI is InChI=1S/C12H18N2O/c1-9-4-3-5-11(9)13-10-6-7-12(15)14(2)8-10/h6-9,11,13H,3-5H2,1-2H3. The minimum Gasteiger partial charge on any atom is -0.381 e. The summed E-state index contributed by atoms with van der Waals surface area (Å²) in [4.78, 5) is 11.2. The van der Waals surface area contributed by atoms with Crippen LogP contribution in [0.5, 0.6) is 0 Å². The highest BCUT2D eigenvalue weighted by molar-refractivity contribution is 5.41. The SMILES string of the molecule is CC1CCCC1Nc1ccc(=O)n(C)c1.